The molecule has 1 aromatic carbocycles. The van der Waals surface area contributed by atoms with Crippen molar-refractivity contribution in [3.8, 4) is 17.1 Å². The minimum atomic E-state index is -4.88. The Morgan fingerprint density at radius 1 is 1.18 bits per heavy atom. The summed E-state index contributed by atoms with van der Waals surface area (Å²) in [5, 5.41) is 9.82. The van der Waals surface area contributed by atoms with Gasteiger partial charge in [0.15, 0.2) is 0 Å². The summed E-state index contributed by atoms with van der Waals surface area (Å²) in [4.78, 5) is 15.7. The molecule has 0 saturated carbocycles. The highest BCUT2D eigenvalue weighted by atomic mass is 35.5. The number of halogens is 4. The maximum Gasteiger partial charge on any atom is 0.417 e. The molecule has 2 rings (SSSR count). The summed E-state index contributed by atoms with van der Waals surface area (Å²) < 4.78 is 46.3. The van der Waals surface area contributed by atoms with Crippen molar-refractivity contribution in [2.24, 2.45) is 5.92 Å². The fourth-order valence-electron chi connectivity index (χ4n) is 2.62. The summed E-state index contributed by atoms with van der Waals surface area (Å²) in [5.41, 5.74) is -1.96. The molecule has 4 nitrogen and oxygen atoms in total. The largest absolute Gasteiger partial charge is 0.477 e. The van der Waals surface area contributed by atoms with Crippen LogP contribution in [0, 0.1) is 5.92 Å². The first-order valence-corrected chi connectivity index (χ1v) is 9.15. The van der Waals surface area contributed by atoms with Crippen LogP contribution in [0.1, 0.15) is 49.5 Å². The van der Waals surface area contributed by atoms with Crippen molar-refractivity contribution in [1.29, 1.82) is 0 Å². The summed E-state index contributed by atoms with van der Waals surface area (Å²) in [6.07, 6.45) is -4.02. The molecule has 0 spiro atoms. The molecular formula is C20H21ClF3NO3. The van der Waals surface area contributed by atoms with E-state index in [1.807, 2.05) is 13.8 Å². The average Bonchev–Trinajstić information content (AvgIpc) is 2.59. The molecule has 2 aromatic rings. The van der Waals surface area contributed by atoms with Gasteiger partial charge in [-0.2, -0.15) is 13.2 Å². The van der Waals surface area contributed by atoms with Crippen molar-refractivity contribution < 1.29 is 27.8 Å². The molecule has 1 N–H and O–H groups in total. The van der Waals surface area contributed by atoms with Crippen LogP contribution in [0.2, 0.25) is 5.02 Å². The fourth-order valence-corrected chi connectivity index (χ4v) is 2.75. The van der Waals surface area contributed by atoms with Gasteiger partial charge in [-0.3, -0.25) is 0 Å². The highest BCUT2D eigenvalue weighted by Crippen LogP contribution is 2.38. The first-order valence-electron chi connectivity index (χ1n) is 8.77. The number of alkyl halides is 3. The lowest BCUT2D eigenvalue weighted by atomic mass is 10.0. The summed E-state index contributed by atoms with van der Waals surface area (Å²) in [6.45, 7) is 5.70. The van der Waals surface area contributed by atoms with Crippen molar-refractivity contribution in [1.82, 2.24) is 4.98 Å². The van der Waals surface area contributed by atoms with Gasteiger partial charge in [-0.15, -0.1) is 0 Å². The Labute approximate surface area is 166 Å². The normalized spacial score (nSPS) is 12.9. The van der Waals surface area contributed by atoms with E-state index < -0.39 is 35.3 Å². The van der Waals surface area contributed by atoms with Crippen LogP contribution >= 0.6 is 11.6 Å². The molecule has 28 heavy (non-hydrogen) atoms. The Bertz CT molecular complexity index is 836. The van der Waals surface area contributed by atoms with Gasteiger partial charge in [0.05, 0.1) is 17.4 Å². The van der Waals surface area contributed by atoms with Crippen LogP contribution in [-0.4, -0.2) is 22.2 Å². The number of carbonyl (C=O) groups is 1. The van der Waals surface area contributed by atoms with Crippen LogP contribution in [0.15, 0.2) is 30.3 Å². The van der Waals surface area contributed by atoms with E-state index in [0.717, 1.165) is 12.5 Å². The molecule has 0 bridgehead atoms. The van der Waals surface area contributed by atoms with Crippen LogP contribution in [0.25, 0.3) is 11.3 Å². The Hall–Kier alpha value is -2.28. The molecule has 1 aromatic heterocycles. The zero-order valence-electron chi connectivity index (χ0n) is 15.7. The first kappa shape index (κ1) is 22.0. The molecule has 0 aliphatic carbocycles. The average molecular weight is 416 g/mol. The Balaban J connectivity index is 2.57. The van der Waals surface area contributed by atoms with Gasteiger partial charge in [0.2, 0.25) is 5.88 Å². The third kappa shape index (κ3) is 5.61. The number of hydrogen-bond acceptors (Lipinski definition) is 3. The number of carboxylic acid groups (broad SMARTS) is 1. The number of benzene rings is 1. The van der Waals surface area contributed by atoms with Gasteiger partial charge in [-0.1, -0.05) is 37.6 Å². The number of nitrogens with zero attached hydrogens (tertiary/aromatic N) is 1. The number of aromatic carboxylic acids is 1. The van der Waals surface area contributed by atoms with E-state index in [0.29, 0.717) is 22.9 Å². The van der Waals surface area contributed by atoms with Gasteiger partial charge in [-0.05, 0) is 43.9 Å². The van der Waals surface area contributed by atoms with Crippen molar-refractivity contribution in [3.63, 3.8) is 0 Å². The molecular weight excluding hydrogens is 395 g/mol. The predicted molar refractivity (Wildman–Crippen MR) is 101 cm³/mol. The highest BCUT2D eigenvalue weighted by Gasteiger charge is 2.39. The topological polar surface area (TPSA) is 59.4 Å². The van der Waals surface area contributed by atoms with Crippen LogP contribution in [0.3, 0.4) is 0 Å². The lowest BCUT2D eigenvalue weighted by Gasteiger charge is -2.20. The summed E-state index contributed by atoms with van der Waals surface area (Å²) in [5.74, 6) is -1.90. The van der Waals surface area contributed by atoms with Crippen molar-refractivity contribution in [2.45, 2.75) is 45.9 Å². The zero-order chi connectivity index (χ0) is 21.1. The molecule has 0 aliphatic heterocycles. The van der Waals surface area contributed by atoms with Crippen molar-refractivity contribution in [3.05, 3.63) is 46.5 Å². The molecule has 0 fully saturated rings. The molecule has 1 heterocycles. The maximum atomic E-state index is 13.6. The van der Waals surface area contributed by atoms with E-state index >= 15 is 0 Å². The minimum absolute atomic E-state index is 0.0416. The number of carboxylic acids is 1. The molecule has 0 aliphatic rings. The van der Waals surface area contributed by atoms with E-state index in [9.17, 15) is 23.1 Å². The molecule has 152 valence electrons. The number of ether oxygens (including phenoxy) is 1. The summed E-state index contributed by atoms with van der Waals surface area (Å²) in [7, 11) is 0. The standard InChI is InChI=1S/C20H21ClF3NO3/c1-11(2)4-5-12(3)28-18-17(19(26)27)15(20(22,23)24)10-16(25-18)13-6-8-14(21)9-7-13/h6-12H,4-5H2,1-3H3,(H,26,27). The third-order valence-corrected chi connectivity index (χ3v) is 4.36. The van der Waals surface area contributed by atoms with Crippen molar-refractivity contribution in [2.75, 3.05) is 0 Å². The minimum Gasteiger partial charge on any atom is -0.477 e. The number of hydrogen-bond donors (Lipinski definition) is 1. The Morgan fingerprint density at radius 3 is 2.29 bits per heavy atom. The van der Waals surface area contributed by atoms with Crippen molar-refractivity contribution >= 4 is 17.6 Å². The molecule has 1 unspecified atom stereocenters. The second kappa shape index (κ2) is 8.82. The zero-order valence-corrected chi connectivity index (χ0v) is 16.4. The van der Waals surface area contributed by atoms with E-state index in [4.69, 9.17) is 16.3 Å². The maximum absolute atomic E-state index is 13.6. The first-order chi connectivity index (χ1) is 13.0. The van der Waals surface area contributed by atoms with Crippen LogP contribution in [-0.2, 0) is 6.18 Å². The van der Waals surface area contributed by atoms with Gasteiger partial charge in [0.25, 0.3) is 0 Å². The molecule has 1 atom stereocenters. The van der Waals surface area contributed by atoms with Crippen LogP contribution in [0.4, 0.5) is 13.2 Å². The van der Waals surface area contributed by atoms with Gasteiger partial charge in [-0.25, -0.2) is 9.78 Å². The lowest BCUT2D eigenvalue weighted by molar-refractivity contribution is -0.138. The Morgan fingerprint density at radius 2 is 1.79 bits per heavy atom. The second-order valence-corrected chi connectivity index (χ2v) is 7.38. The van der Waals surface area contributed by atoms with E-state index in [-0.39, 0.29) is 5.69 Å². The SMILES string of the molecule is CC(C)CCC(C)Oc1nc(-c2ccc(Cl)cc2)cc(C(F)(F)F)c1C(=O)O. The predicted octanol–water partition coefficient (Wildman–Crippen LogP) is 6.32. The van der Waals surface area contributed by atoms with E-state index in [1.54, 1.807) is 6.92 Å². The monoisotopic (exact) mass is 415 g/mol. The number of aromatic nitrogens is 1. The van der Waals surface area contributed by atoms with Gasteiger partial charge >= 0.3 is 12.1 Å². The van der Waals surface area contributed by atoms with Gasteiger partial charge in [0.1, 0.15) is 5.56 Å². The number of rotatable bonds is 7. The number of pyridine rings is 1. The quantitative estimate of drug-likeness (QED) is 0.574. The van der Waals surface area contributed by atoms with Gasteiger partial charge < -0.3 is 9.84 Å². The Kier molecular flexibility index (Phi) is 6.93. The van der Waals surface area contributed by atoms with Crippen LogP contribution in [0.5, 0.6) is 5.88 Å². The smallest absolute Gasteiger partial charge is 0.417 e. The summed E-state index contributed by atoms with van der Waals surface area (Å²) in [6, 6.07) is 6.78. The van der Waals surface area contributed by atoms with Crippen LogP contribution < -0.4 is 4.74 Å². The molecule has 8 heteroatoms. The lowest BCUT2D eigenvalue weighted by Crippen LogP contribution is -2.20. The fraction of sp³-hybridized carbons (Fsp3) is 0.400. The molecule has 0 amide bonds. The second-order valence-electron chi connectivity index (χ2n) is 6.94. The van der Waals surface area contributed by atoms with Gasteiger partial charge in [0, 0.05) is 10.6 Å². The third-order valence-electron chi connectivity index (χ3n) is 4.11. The van der Waals surface area contributed by atoms with E-state index in [1.165, 1.54) is 24.3 Å². The molecule has 0 radical (unpaired) electrons. The molecule has 0 saturated heterocycles. The summed E-state index contributed by atoms with van der Waals surface area (Å²) >= 11 is 5.83. The van der Waals surface area contributed by atoms with E-state index in [2.05, 4.69) is 4.98 Å². The highest BCUT2D eigenvalue weighted by molar-refractivity contribution is 6.30.